The molecule has 0 bridgehead atoms. The number of aromatic nitrogens is 1. The molecule has 0 N–H and O–H groups in total. The van der Waals surface area contributed by atoms with Crippen LogP contribution >= 0.6 is 0 Å². The number of amides is 3. The Morgan fingerprint density at radius 1 is 1.03 bits per heavy atom. The molecule has 3 aromatic rings. The largest absolute Gasteiger partial charge is 0.573 e. The molecule has 2 aromatic carbocycles. The Labute approximate surface area is 187 Å². The van der Waals surface area contributed by atoms with E-state index >= 15 is 0 Å². The van der Waals surface area contributed by atoms with Crippen molar-refractivity contribution < 1.29 is 32.2 Å². The number of carbonyl (C=O) groups excluding carboxylic acids is 2. The number of ether oxygens (including phenoxy) is 2. The third kappa shape index (κ3) is 4.89. The number of hydrogen-bond acceptors (Lipinski definition) is 5. The van der Waals surface area contributed by atoms with Gasteiger partial charge in [-0.3, -0.25) is 9.78 Å². The number of imide groups is 1. The van der Waals surface area contributed by atoms with Gasteiger partial charge in [-0.05, 0) is 29.8 Å². The van der Waals surface area contributed by atoms with Crippen molar-refractivity contribution in [2.75, 3.05) is 18.6 Å². The van der Waals surface area contributed by atoms with E-state index in [1.165, 1.54) is 18.1 Å². The fourth-order valence-electron chi connectivity index (χ4n) is 3.51. The Morgan fingerprint density at radius 3 is 2.48 bits per heavy atom. The molecule has 0 radical (unpaired) electrons. The van der Waals surface area contributed by atoms with Gasteiger partial charge in [-0.25, -0.2) is 9.69 Å². The number of nitrogens with zero attached hydrogens (tertiary/aromatic N) is 3. The van der Waals surface area contributed by atoms with Crippen molar-refractivity contribution in [3.05, 3.63) is 72.4 Å². The minimum absolute atomic E-state index is 0.0317. The van der Waals surface area contributed by atoms with E-state index in [9.17, 15) is 22.8 Å². The van der Waals surface area contributed by atoms with Crippen molar-refractivity contribution in [1.82, 2.24) is 9.88 Å². The van der Waals surface area contributed by atoms with Gasteiger partial charge in [0.1, 0.15) is 18.0 Å². The second kappa shape index (κ2) is 8.81. The van der Waals surface area contributed by atoms with E-state index in [1.807, 2.05) is 36.4 Å². The molecule has 0 spiro atoms. The summed E-state index contributed by atoms with van der Waals surface area (Å²) in [5.74, 6) is -1.15. The quantitative estimate of drug-likeness (QED) is 0.505. The van der Waals surface area contributed by atoms with Gasteiger partial charge in [0.15, 0.2) is 0 Å². The lowest BCUT2D eigenvalue weighted by molar-refractivity contribution is -0.274. The zero-order valence-electron chi connectivity index (χ0n) is 17.4. The smallest absolute Gasteiger partial charge is 0.494 e. The third-order valence-electron chi connectivity index (χ3n) is 4.93. The van der Waals surface area contributed by atoms with Gasteiger partial charge in [0.05, 0.1) is 18.5 Å². The van der Waals surface area contributed by atoms with Crippen molar-refractivity contribution in [1.29, 1.82) is 0 Å². The number of urea groups is 1. The molecule has 4 rings (SSSR count). The van der Waals surface area contributed by atoms with Gasteiger partial charge in [0, 0.05) is 24.4 Å². The highest BCUT2D eigenvalue weighted by atomic mass is 19.4. The molecule has 1 fully saturated rings. The van der Waals surface area contributed by atoms with E-state index in [4.69, 9.17) is 4.74 Å². The first-order valence-corrected chi connectivity index (χ1v) is 9.81. The predicted octanol–water partition coefficient (Wildman–Crippen LogP) is 4.62. The highest BCUT2D eigenvalue weighted by molar-refractivity contribution is 6.20. The summed E-state index contributed by atoms with van der Waals surface area (Å²) in [5, 5.41) is 0. The van der Waals surface area contributed by atoms with Gasteiger partial charge >= 0.3 is 12.4 Å². The van der Waals surface area contributed by atoms with Gasteiger partial charge in [-0.15, -0.1) is 13.2 Å². The van der Waals surface area contributed by atoms with Crippen molar-refractivity contribution >= 4 is 17.6 Å². The SMILES string of the molecule is COc1cc(OC(F)(F)F)ccc1N1C(=O)CN(Cc2ccnc(-c3ccccc3)c2)C1=O. The molecule has 2 heterocycles. The Morgan fingerprint density at radius 2 is 1.79 bits per heavy atom. The van der Waals surface area contributed by atoms with E-state index in [0.717, 1.165) is 33.9 Å². The first-order valence-electron chi connectivity index (χ1n) is 9.81. The molecule has 170 valence electrons. The zero-order chi connectivity index (χ0) is 23.6. The van der Waals surface area contributed by atoms with Crippen LogP contribution < -0.4 is 14.4 Å². The second-order valence-corrected chi connectivity index (χ2v) is 7.16. The summed E-state index contributed by atoms with van der Waals surface area (Å²) in [6.45, 7) is -0.0349. The van der Waals surface area contributed by atoms with Crippen LogP contribution in [0.5, 0.6) is 11.5 Å². The standard InChI is InChI=1S/C23H18F3N3O4/c1-32-20-12-17(33-23(24,25)26)7-8-19(20)29-21(30)14-28(22(29)31)13-15-9-10-27-18(11-15)16-5-3-2-4-6-16/h2-12H,13-14H2,1H3. The first kappa shape index (κ1) is 22.1. The first-order chi connectivity index (χ1) is 15.7. The summed E-state index contributed by atoms with van der Waals surface area (Å²) in [4.78, 5) is 32.2. The maximum atomic E-state index is 13.0. The topological polar surface area (TPSA) is 72.0 Å². The Bertz CT molecular complexity index is 1190. The number of rotatable bonds is 6. The molecule has 0 atom stereocenters. The highest BCUT2D eigenvalue weighted by Crippen LogP contribution is 2.36. The van der Waals surface area contributed by atoms with E-state index in [0.29, 0.717) is 0 Å². The number of pyridine rings is 1. The van der Waals surface area contributed by atoms with Crippen molar-refractivity contribution in [2.45, 2.75) is 12.9 Å². The fourth-order valence-corrected chi connectivity index (χ4v) is 3.51. The number of benzene rings is 2. The zero-order valence-corrected chi connectivity index (χ0v) is 17.4. The van der Waals surface area contributed by atoms with Gasteiger partial charge in [0.2, 0.25) is 0 Å². The number of carbonyl (C=O) groups is 2. The van der Waals surface area contributed by atoms with Crippen LogP contribution in [0.15, 0.2) is 66.9 Å². The average Bonchev–Trinajstić information content (AvgIpc) is 3.06. The molecular weight excluding hydrogens is 439 g/mol. The summed E-state index contributed by atoms with van der Waals surface area (Å²) in [6, 6.07) is 15.6. The molecule has 3 amide bonds. The van der Waals surface area contributed by atoms with Crippen LogP contribution in [0.25, 0.3) is 11.3 Å². The average molecular weight is 457 g/mol. The molecule has 1 aliphatic heterocycles. The molecule has 1 aliphatic rings. The summed E-state index contributed by atoms with van der Waals surface area (Å²) in [5.41, 5.74) is 2.44. The highest BCUT2D eigenvalue weighted by Gasteiger charge is 2.39. The second-order valence-electron chi connectivity index (χ2n) is 7.16. The molecule has 0 saturated carbocycles. The summed E-state index contributed by atoms with van der Waals surface area (Å²) in [7, 11) is 1.22. The molecule has 0 unspecified atom stereocenters. The number of halogens is 3. The van der Waals surface area contributed by atoms with Crippen molar-refractivity contribution in [3.8, 4) is 22.8 Å². The van der Waals surface area contributed by atoms with E-state index in [2.05, 4.69) is 9.72 Å². The van der Waals surface area contributed by atoms with E-state index < -0.39 is 24.1 Å². The normalized spacial score (nSPS) is 14.1. The van der Waals surface area contributed by atoms with Crippen LogP contribution in [0.2, 0.25) is 0 Å². The maximum absolute atomic E-state index is 13.0. The lowest BCUT2D eigenvalue weighted by Crippen LogP contribution is -2.33. The molecule has 0 aliphatic carbocycles. The van der Waals surface area contributed by atoms with E-state index in [-0.39, 0.29) is 24.5 Å². The molecule has 33 heavy (non-hydrogen) atoms. The molecule has 1 saturated heterocycles. The number of anilines is 1. The third-order valence-corrected chi connectivity index (χ3v) is 4.93. The van der Waals surface area contributed by atoms with Crippen LogP contribution in [0.3, 0.4) is 0 Å². The summed E-state index contributed by atoms with van der Waals surface area (Å²) >= 11 is 0. The monoisotopic (exact) mass is 457 g/mol. The Balaban J connectivity index is 1.55. The Kier molecular flexibility index (Phi) is 5.91. The molecular formula is C23H18F3N3O4. The fraction of sp³-hybridized carbons (Fsp3) is 0.174. The van der Waals surface area contributed by atoms with Gasteiger partial charge < -0.3 is 14.4 Å². The summed E-state index contributed by atoms with van der Waals surface area (Å²) < 4.78 is 46.5. The maximum Gasteiger partial charge on any atom is 0.573 e. The van der Waals surface area contributed by atoms with Gasteiger partial charge in [0.25, 0.3) is 5.91 Å². The van der Waals surface area contributed by atoms with Crippen LogP contribution in [0, 0.1) is 0 Å². The van der Waals surface area contributed by atoms with Crippen molar-refractivity contribution in [2.24, 2.45) is 0 Å². The lowest BCUT2D eigenvalue weighted by atomic mass is 10.1. The molecule has 1 aromatic heterocycles. The van der Waals surface area contributed by atoms with Crippen molar-refractivity contribution in [3.63, 3.8) is 0 Å². The van der Waals surface area contributed by atoms with Crippen LogP contribution in [0.4, 0.5) is 23.7 Å². The van der Waals surface area contributed by atoms with Gasteiger partial charge in [-0.1, -0.05) is 30.3 Å². The lowest BCUT2D eigenvalue weighted by Gasteiger charge is -2.20. The Hall–Kier alpha value is -4.08. The van der Waals surface area contributed by atoms with E-state index in [1.54, 1.807) is 12.3 Å². The number of alkyl halides is 3. The number of methoxy groups -OCH3 is 1. The van der Waals surface area contributed by atoms with Crippen LogP contribution in [-0.2, 0) is 11.3 Å². The minimum Gasteiger partial charge on any atom is -0.494 e. The minimum atomic E-state index is -4.88. The molecule has 10 heteroatoms. The predicted molar refractivity (Wildman–Crippen MR) is 113 cm³/mol. The molecule has 7 nitrogen and oxygen atoms in total. The van der Waals surface area contributed by atoms with Crippen LogP contribution in [0.1, 0.15) is 5.56 Å². The number of hydrogen-bond donors (Lipinski definition) is 0. The summed E-state index contributed by atoms with van der Waals surface area (Å²) in [6.07, 6.45) is -3.26. The van der Waals surface area contributed by atoms with Gasteiger partial charge in [-0.2, -0.15) is 0 Å². The van der Waals surface area contributed by atoms with Crippen LogP contribution in [-0.4, -0.2) is 41.8 Å².